The largest absolute Gasteiger partial charge is 0.399 e. The molecular formula is C13H18N4. The highest BCUT2D eigenvalue weighted by Gasteiger charge is 1.97. The summed E-state index contributed by atoms with van der Waals surface area (Å²) in [6, 6.07) is 12.9. The van der Waals surface area contributed by atoms with Crippen molar-refractivity contribution >= 4 is 22.7 Å². The maximum atomic E-state index is 5.55. The number of aryl methyl sites for hydroxylation is 1. The molecule has 0 radical (unpaired) electrons. The van der Waals surface area contributed by atoms with Gasteiger partial charge in [-0.15, -0.1) is 0 Å². The Morgan fingerprint density at radius 2 is 1.24 bits per heavy atom. The summed E-state index contributed by atoms with van der Waals surface area (Å²) in [7, 11) is 0. The normalized spacial score (nSPS) is 9.24. The van der Waals surface area contributed by atoms with Crippen LogP contribution in [-0.2, 0) is 0 Å². The third-order valence-corrected chi connectivity index (χ3v) is 2.27. The van der Waals surface area contributed by atoms with E-state index in [-0.39, 0.29) is 0 Å². The van der Waals surface area contributed by atoms with Crippen LogP contribution in [0.2, 0.25) is 0 Å². The number of hydrogen-bond donors (Lipinski definition) is 4. The lowest BCUT2D eigenvalue weighted by molar-refractivity contribution is 1.47. The lowest BCUT2D eigenvalue weighted by Crippen LogP contribution is -1.98. The minimum absolute atomic E-state index is 0.545. The van der Waals surface area contributed by atoms with Crippen LogP contribution in [0.1, 0.15) is 5.56 Å². The van der Waals surface area contributed by atoms with Crippen LogP contribution in [0.5, 0.6) is 0 Å². The smallest absolute Gasteiger partial charge is 0.0568 e. The first-order valence-electron chi connectivity index (χ1n) is 5.22. The van der Waals surface area contributed by atoms with Crippen LogP contribution in [0.3, 0.4) is 0 Å². The van der Waals surface area contributed by atoms with E-state index < -0.39 is 0 Å². The third kappa shape index (κ3) is 3.95. The minimum atomic E-state index is 0.545. The molecule has 0 saturated heterocycles. The molecule has 0 atom stereocenters. The van der Waals surface area contributed by atoms with Crippen LogP contribution < -0.4 is 22.9 Å². The molecule has 0 aliphatic carbocycles. The van der Waals surface area contributed by atoms with Crippen molar-refractivity contribution in [3.8, 4) is 0 Å². The first kappa shape index (κ1) is 12.7. The van der Waals surface area contributed by atoms with E-state index in [0.29, 0.717) is 17.1 Å². The van der Waals surface area contributed by atoms with Gasteiger partial charge >= 0.3 is 0 Å². The van der Waals surface area contributed by atoms with E-state index in [1.165, 1.54) is 0 Å². The van der Waals surface area contributed by atoms with E-state index in [9.17, 15) is 0 Å². The van der Waals surface area contributed by atoms with Crippen molar-refractivity contribution in [2.75, 3.05) is 22.9 Å². The van der Waals surface area contributed by atoms with Gasteiger partial charge in [-0.1, -0.05) is 18.2 Å². The van der Waals surface area contributed by atoms with Gasteiger partial charge in [0, 0.05) is 11.4 Å². The van der Waals surface area contributed by atoms with Gasteiger partial charge < -0.3 is 22.9 Å². The van der Waals surface area contributed by atoms with Crippen LogP contribution >= 0.6 is 0 Å². The van der Waals surface area contributed by atoms with E-state index in [0.717, 1.165) is 11.3 Å². The van der Waals surface area contributed by atoms with Gasteiger partial charge in [-0.3, -0.25) is 0 Å². The summed E-state index contributed by atoms with van der Waals surface area (Å²) < 4.78 is 0. The van der Waals surface area contributed by atoms with Crippen molar-refractivity contribution in [2.24, 2.45) is 0 Å². The van der Waals surface area contributed by atoms with Crippen LogP contribution in [0, 0.1) is 6.92 Å². The van der Waals surface area contributed by atoms with Gasteiger partial charge in [0.25, 0.3) is 0 Å². The van der Waals surface area contributed by atoms with Gasteiger partial charge in [-0.05, 0) is 36.8 Å². The average Bonchev–Trinajstić information content (AvgIpc) is 2.28. The quantitative estimate of drug-likeness (QED) is 0.519. The monoisotopic (exact) mass is 230 g/mol. The molecule has 2 aromatic carbocycles. The highest BCUT2D eigenvalue weighted by atomic mass is 14.7. The van der Waals surface area contributed by atoms with E-state index in [1.807, 2.05) is 37.3 Å². The van der Waals surface area contributed by atoms with Crippen LogP contribution in [0.25, 0.3) is 0 Å². The van der Waals surface area contributed by atoms with Gasteiger partial charge in [0.1, 0.15) is 0 Å². The molecule has 0 unspecified atom stereocenters. The Kier molecular flexibility index (Phi) is 4.22. The topological polar surface area (TPSA) is 104 Å². The summed E-state index contributed by atoms with van der Waals surface area (Å²) in [6.45, 7) is 1.89. The Bertz CT molecular complexity index is 430. The van der Waals surface area contributed by atoms with E-state index in [1.54, 1.807) is 12.1 Å². The van der Waals surface area contributed by atoms with Crippen LogP contribution in [-0.4, -0.2) is 0 Å². The molecule has 0 heterocycles. The SMILES string of the molecule is Cc1cc(N)c(N)cc1N.Nc1ccccc1. The first-order valence-corrected chi connectivity index (χ1v) is 5.22. The molecule has 0 spiro atoms. The molecule has 0 aromatic heterocycles. The summed E-state index contributed by atoms with van der Waals surface area (Å²) >= 11 is 0. The van der Waals surface area contributed by atoms with Crippen molar-refractivity contribution < 1.29 is 0 Å². The number of benzene rings is 2. The molecule has 2 rings (SSSR count). The second kappa shape index (κ2) is 5.65. The van der Waals surface area contributed by atoms with E-state index in [2.05, 4.69) is 0 Å². The van der Waals surface area contributed by atoms with Crippen molar-refractivity contribution in [1.29, 1.82) is 0 Å². The number of rotatable bonds is 0. The molecule has 17 heavy (non-hydrogen) atoms. The Hall–Kier alpha value is -2.36. The van der Waals surface area contributed by atoms with Gasteiger partial charge in [0.2, 0.25) is 0 Å². The average molecular weight is 230 g/mol. The molecule has 0 aliphatic rings. The van der Waals surface area contributed by atoms with E-state index in [4.69, 9.17) is 22.9 Å². The molecule has 90 valence electrons. The number of para-hydroxylation sites is 1. The van der Waals surface area contributed by atoms with Gasteiger partial charge in [-0.25, -0.2) is 0 Å². The van der Waals surface area contributed by atoms with Gasteiger partial charge in [0.05, 0.1) is 11.4 Å². The van der Waals surface area contributed by atoms with Crippen molar-refractivity contribution in [1.82, 2.24) is 0 Å². The Morgan fingerprint density at radius 3 is 1.65 bits per heavy atom. The summed E-state index contributed by atoms with van der Waals surface area (Å²) in [5.74, 6) is 0. The predicted octanol–water partition coefficient (Wildman–Crippen LogP) is 2.01. The zero-order valence-electron chi connectivity index (χ0n) is 9.85. The molecule has 0 fully saturated rings. The number of hydrogen-bond acceptors (Lipinski definition) is 4. The van der Waals surface area contributed by atoms with Crippen LogP contribution in [0.4, 0.5) is 22.7 Å². The summed E-state index contributed by atoms with van der Waals surface area (Å²) in [4.78, 5) is 0. The number of anilines is 4. The summed E-state index contributed by atoms with van der Waals surface area (Å²) in [5.41, 5.74) is 25.5. The minimum Gasteiger partial charge on any atom is -0.399 e. The van der Waals surface area contributed by atoms with Gasteiger partial charge in [0.15, 0.2) is 0 Å². The summed E-state index contributed by atoms with van der Waals surface area (Å²) in [5, 5.41) is 0. The predicted molar refractivity (Wildman–Crippen MR) is 75.3 cm³/mol. The second-order valence-corrected chi connectivity index (χ2v) is 3.75. The fourth-order valence-corrected chi connectivity index (χ4v) is 1.22. The highest BCUT2D eigenvalue weighted by molar-refractivity contribution is 5.70. The fourth-order valence-electron chi connectivity index (χ4n) is 1.22. The maximum Gasteiger partial charge on any atom is 0.0568 e. The van der Waals surface area contributed by atoms with E-state index >= 15 is 0 Å². The second-order valence-electron chi connectivity index (χ2n) is 3.75. The lowest BCUT2D eigenvalue weighted by Gasteiger charge is -2.03. The fraction of sp³-hybridized carbons (Fsp3) is 0.0769. The Labute approximate surface area is 101 Å². The maximum absolute atomic E-state index is 5.55. The number of nitrogen functional groups attached to an aromatic ring is 4. The summed E-state index contributed by atoms with van der Waals surface area (Å²) in [6.07, 6.45) is 0. The molecule has 0 aliphatic heterocycles. The molecular weight excluding hydrogens is 212 g/mol. The molecule has 0 amide bonds. The number of nitrogens with two attached hydrogens (primary N) is 4. The Morgan fingerprint density at radius 1 is 0.706 bits per heavy atom. The standard InChI is InChI=1S/C7H11N3.C6H7N/c1-4-2-6(9)7(10)3-5(4)8;7-6-4-2-1-3-5-6/h2-3H,8-10H2,1H3;1-5H,7H2. The highest BCUT2D eigenvalue weighted by Crippen LogP contribution is 2.21. The van der Waals surface area contributed by atoms with Crippen LogP contribution in [0.15, 0.2) is 42.5 Å². The zero-order valence-corrected chi connectivity index (χ0v) is 9.85. The Balaban J connectivity index is 0.000000181. The third-order valence-electron chi connectivity index (χ3n) is 2.27. The van der Waals surface area contributed by atoms with Crippen molar-refractivity contribution in [3.63, 3.8) is 0 Å². The molecule has 2 aromatic rings. The first-order chi connectivity index (χ1) is 8.00. The molecule has 4 nitrogen and oxygen atoms in total. The molecule has 4 heteroatoms. The molecule has 0 bridgehead atoms. The lowest BCUT2D eigenvalue weighted by atomic mass is 10.1. The molecule has 8 N–H and O–H groups in total. The molecule has 0 saturated carbocycles. The van der Waals surface area contributed by atoms with Gasteiger partial charge in [-0.2, -0.15) is 0 Å². The van der Waals surface area contributed by atoms with Crippen molar-refractivity contribution in [2.45, 2.75) is 6.92 Å². The van der Waals surface area contributed by atoms with Crippen molar-refractivity contribution in [3.05, 3.63) is 48.0 Å². The zero-order chi connectivity index (χ0) is 12.8.